The van der Waals surface area contributed by atoms with Gasteiger partial charge in [-0.3, -0.25) is 13.9 Å². The molecule has 0 amide bonds. The minimum absolute atomic E-state index is 0.0218. The van der Waals surface area contributed by atoms with E-state index in [0.717, 1.165) is 43.0 Å². The first-order chi connectivity index (χ1) is 21.3. The lowest BCUT2D eigenvalue weighted by Gasteiger charge is -2.34. The molecule has 14 heteroatoms. The van der Waals surface area contributed by atoms with Crippen molar-refractivity contribution >= 4 is 27.2 Å². The van der Waals surface area contributed by atoms with E-state index in [1.165, 1.54) is 20.8 Å². The van der Waals surface area contributed by atoms with Crippen LogP contribution in [0.2, 0.25) is 0 Å². The van der Waals surface area contributed by atoms with Crippen molar-refractivity contribution in [1.82, 2.24) is 28.4 Å². The van der Waals surface area contributed by atoms with E-state index in [9.17, 15) is 13.2 Å². The summed E-state index contributed by atoms with van der Waals surface area (Å²) in [6, 6.07) is 7.81. The van der Waals surface area contributed by atoms with E-state index in [1.807, 2.05) is 16.9 Å². The molecule has 0 radical (unpaired) electrons. The summed E-state index contributed by atoms with van der Waals surface area (Å²) in [5, 5.41) is 7.33. The van der Waals surface area contributed by atoms with Crippen molar-refractivity contribution in [3.63, 3.8) is 0 Å². The summed E-state index contributed by atoms with van der Waals surface area (Å²) in [7, 11) is -3.88. The monoisotopic (exact) mass is 623 g/mol. The largest absolute Gasteiger partial charge is 0.350 e. The van der Waals surface area contributed by atoms with Crippen molar-refractivity contribution in [2.75, 3.05) is 51.3 Å². The number of benzene rings is 1. The lowest BCUT2D eigenvalue weighted by Crippen LogP contribution is -2.49. The van der Waals surface area contributed by atoms with Gasteiger partial charge in [0.05, 0.1) is 41.6 Å². The highest BCUT2D eigenvalue weighted by Crippen LogP contribution is 2.35. The van der Waals surface area contributed by atoms with Crippen LogP contribution in [0.5, 0.6) is 0 Å². The third kappa shape index (κ3) is 5.75. The fourth-order valence-corrected chi connectivity index (χ4v) is 7.07. The number of nitrogens with zero attached hydrogens (tertiary/aromatic N) is 6. The molecule has 1 saturated carbocycles. The Bertz CT molecular complexity index is 1860. The average Bonchev–Trinajstić information content (AvgIpc) is 3.52. The van der Waals surface area contributed by atoms with Gasteiger partial charge >= 0.3 is 0 Å². The molecule has 4 aromatic rings. The molecule has 0 bridgehead atoms. The zero-order valence-electron chi connectivity index (χ0n) is 24.4. The molecule has 5 heterocycles. The van der Waals surface area contributed by atoms with Gasteiger partial charge in [-0.05, 0) is 50.1 Å². The van der Waals surface area contributed by atoms with Crippen molar-refractivity contribution in [2.24, 2.45) is 0 Å². The summed E-state index contributed by atoms with van der Waals surface area (Å²) in [5.74, 6) is -0.561. The molecule has 0 atom stereocenters. The Hall–Kier alpha value is -3.69. The van der Waals surface area contributed by atoms with Gasteiger partial charge in [0.2, 0.25) is 10.0 Å². The smallest absolute Gasteiger partial charge is 0.262 e. The molecule has 0 spiro atoms. The van der Waals surface area contributed by atoms with Gasteiger partial charge in [0.15, 0.2) is 6.29 Å². The molecule has 44 heavy (non-hydrogen) atoms. The highest BCUT2D eigenvalue weighted by atomic mass is 32.2. The van der Waals surface area contributed by atoms with Crippen LogP contribution in [0, 0.1) is 12.7 Å². The van der Waals surface area contributed by atoms with Gasteiger partial charge in [-0.1, -0.05) is 0 Å². The summed E-state index contributed by atoms with van der Waals surface area (Å²) in [5.41, 5.74) is 2.17. The fraction of sp³-hybridized carbons (Fsp3) is 0.433. The molecule has 2 saturated heterocycles. The van der Waals surface area contributed by atoms with Gasteiger partial charge in [0.25, 0.3) is 5.56 Å². The summed E-state index contributed by atoms with van der Waals surface area (Å²) in [4.78, 5) is 19.9. The van der Waals surface area contributed by atoms with E-state index in [2.05, 4.69) is 20.3 Å². The maximum absolute atomic E-state index is 15.3. The Balaban J connectivity index is 1.04. The predicted octanol–water partition coefficient (Wildman–Crippen LogP) is 3.15. The molecule has 3 aliphatic rings. The van der Waals surface area contributed by atoms with Crippen LogP contribution in [0.25, 0.3) is 16.8 Å². The first-order valence-corrected chi connectivity index (χ1v) is 16.3. The maximum atomic E-state index is 15.3. The Morgan fingerprint density at radius 3 is 2.52 bits per heavy atom. The molecule has 3 fully saturated rings. The minimum Gasteiger partial charge on any atom is -0.350 e. The number of piperazine rings is 1. The van der Waals surface area contributed by atoms with Crippen LogP contribution in [-0.4, -0.2) is 89.0 Å². The van der Waals surface area contributed by atoms with Crippen LogP contribution in [0.4, 0.5) is 15.9 Å². The van der Waals surface area contributed by atoms with Crippen LogP contribution >= 0.6 is 0 Å². The third-order valence-corrected chi connectivity index (χ3v) is 10.3. The number of rotatable bonds is 9. The molecule has 7 rings (SSSR count). The van der Waals surface area contributed by atoms with Gasteiger partial charge in [0.1, 0.15) is 17.3 Å². The maximum Gasteiger partial charge on any atom is 0.262 e. The van der Waals surface area contributed by atoms with E-state index in [-0.39, 0.29) is 28.3 Å². The molecule has 0 unspecified atom stereocenters. The van der Waals surface area contributed by atoms with Crippen LogP contribution < -0.4 is 10.9 Å². The number of halogens is 1. The van der Waals surface area contributed by atoms with Crippen molar-refractivity contribution in [2.45, 2.75) is 43.4 Å². The highest BCUT2D eigenvalue weighted by molar-refractivity contribution is 7.89. The Kier molecular flexibility index (Phi) is 7.70. The van der Waals surface area contributed by atoms with E-state index >= 15 is 4.39 Å². The number of sulfonamides is 1. The summed E-state index contributed by atoms with van der Waals surface area (Å²) < 4.78 is 57.7. The predicted molar refractivity (Wildman–Crippen MR) is 161 cm³/mol. The zero-order valence-corrected chi connectivity index (χ0v) is 25.2. The van der Waals surface area contributed by atoms with Gasteiger partial charge in [-0.15, -0.1) is 0 Å². The Morgan fingerprint density at radius 1 is 1.02 bits per heavy atom. The molecular weight excluding hydrogens is 589 g/mol. The lowest BCUT2D eigenvalue weighted by molar-refractivity contribution is -0.0525. The number of pyridine rings is 1. The van der Waals surface area contributed by atoms with Crippen LogP contribution in [0.1, 0.15) is 30.9 Å². The van der Waals surface area contributed by atoms with E-state index in [0.29, 0.717) is 56.6 Å². The first kappa shape index (κ1) is 29.0. The van der Waals surface area contributed by atoms with Crippen LogP contribution in [-0.2, 0) is 19.5 Å². The summed E-state index contributed by atoms with van der Waals surface area (Å²) in [6.07, 6.45) is 8.29. The zero-order chi connectivity index (χ0) is 30.4. The van der Waals surface area contributed by atoms with Gasteiger partial charge in [-0.25, -0.2) is 17.8 Å². The second kappa shape index (κ2) is 11.7. The third-order valence-electron chi connectivity index (χ3n) is 8.44. The van der Waals surface area contributed by atoms with Crippen molar-refractivity contribution < 1.29 is 22.3 Å². The Morgan fingerprint density at radius 2 is 1.80 bits per heavy atom. The highest BCUT2D eigenvalue weighted by Gasteiger charge is 2.30. The van der Waals surface area contributed by atoms with E-state index < -0.39 is 15.8 Å². The molecule has 232 valence electrons. The van der Waals surface area contributed by atoms with Crippen LogP contribution in [0.15, 0.2) is 58.6 Å². The number of ether oxygens (including phenoxy) is 2. The Labute approximate surface area is 254 Å². The van der Waals surface area contributed by atoms with Crippen molar-refractivity contribution in [3.8, 4) is 11.1 Å². The second-order valence-electron chi connectivity index (χ2n) is 11.4. The molecular formula is C30H34FN7O5S. The van der Waals surface area contributed by atoms with Gasteiger partial charge in [-0.2, -0.15) is 9.40 Å². The average molecular weight is 624 g/mol. The molecule has 3 aromatic heterocycles. The molecule has 12 nitrogen and oxygen atoms in total. The quantitative estimate of drug-likeness (QED) is 0.300. The normalized spacial score (nSPS) is 18.8. The number of nitrogens with one attached hydrogen (secondary N) is 1. The SMILES string of the molecule is Cc1c(Nc2ccc(S(=O)(=O)N3CCN(CCC4OCCO4)CC3)cc2F)nc2ccc(-c3cnn(C4CC4)c3)cn2c1=O. The number of hydrogen-bond donors (Lipinski definition) is 1. The van der Waals surface area contributed by atoms with Gasteiger partial charge in [0, 0.05) is 62.7 Å². The number of fused-ring (bicyclic) bond motifs is 1. The van der Waals surface area contributed by atoms with Crippen molar-refractivity contribution in [1.29, 1.82) is 0 Å². The van der Waals surface area contributed by atoms with E-state index in [1.54, 1.807) is 25.4 Å². The molecule has 2 aliphatic heterocycles. The number of hydrogen-bond acceptors (Lipinski definition) is 9. The molecule has 1 N–H and O–H groups in total. The van der Waals surface area contributed by atoms with Gasteiger partial charge < -0.3 is 19.7 Å². The van der Waals surface area contributed by atoms with Crippen molar-refractivity contribution in [3.05, 3.63) is 70.7 Å². The van der Waals surface area contributed by atoms with Crippen LogP contribution in [0.3, 0.4) is 0 Å². The second-order valence-corrected chi connectivity index (χ2v) is 13.4. The summed E-state index contributed by atoms with van der Waals surface area (Å²) in [6.45, 7) is 5.35. The van der Waals surface area contributed by atoms with E-state index in [4.69, 9.17) is 9.47 Å². The standard InChI is InChI=1S/C30H34FN7O5S/c1-20-29(34-27-7-2-21(18-37(27)30(20)39)22-17-32-38(19-22)23-3-4-23)33-26-6-5-24(16-25(26)31)44(40,41)36-12-10-35(11-13-36)9-8-28-42-14-15-43-28/h2,5-7,16-19,23,28,33H,3-4,8-15H2,1H3. The first-order valence-electron chi connectivity index (χ1n) is 14.9. The summed E-state index contributed by atoms with van der Waals surface area (Å²) >= 11 is 0. The molecule has 1 aromatic carbocycles. The number of anilines is 2. The topological polar surface area (TPSA) is 123 Å². The lowest BCUT2D eigenvalue weighted by atomic mass is 10.1. The molecule has 1 aliphatic carbocycles. The number of aromatic nitrogens is 4. The minimum atomic E-state index is -3.88. The fourth-order valence-electron chi connectivity index (χ4n) is 5.64.